The smallest absolute Gasteiger partial charge is 0.315 e. The Hall–Kier alpha value is -1.69. The van der Waals surface area contributed by atoms with Crippen molar-refractivity contribution in [3.05, 3.63) is 35.4 Å². The Kier molecular flexibility index (Phi) is 4.70. The SMILES string of the molecule is CC(C)(C)NC(=O)NCC(C)(O)c1ccc(F)cc1F. The Morgan fingerprint density at radius 1 is 1.25 bits per heavy atom. The predicted molar refractivity (Wildman–Crippen MR) is 72.2 cm³/mol. The zero-order valence-corrected chi connectivity index (χ0v) is 12.1. The molecule has 0 saturated heterocycles. The van der Waals surface area contributed by atoms with Crippen molar-refractivity contribution >= 4 is 6.03 Å². The molecule has 4 nitrogen and oxygen atoms in total. The third-order valence-electron chi connectivity index (χ3n) is 2.59. The lowest BCUT2D eigenvalue weighted by atomic mass is 9.95. The summed E-state index contributed by atoms with van der Waals surface area (Å²) in [4.78, 5) is 11.6. The van der Waals surface area contributed by atoms with E-state index in [9.17, 15) is 18.7 Å². The second-order valence-corrected chi connectivity index (χ2v) is 5.96. The number of hydrogen-bond acceptors (Lipinski definition) is 2. The molecule has 0 bridgehead atoms. The number of carbonyl (C=O) groups is 1. The van der Waals surface area contributed by atoms with E-state index in [1.165, 1.54) is 6.92 Å². The maximum Gasteiger partial charge on any atom is 0.315 e. The average Bonchev–Trinajstić information content (AvgIpc) is 2.23. The molecule has 3 N–H and O–H groups in total. The van der Waals surface area contributed by atoms with Gasteiger partial charge >= 0.3 is 6.03 Å². The van der Waals surface area contributed by atoms with Crippen LogP contribution in [0.25, 0.3) is 0 Å². The van der Waals surface area contributed by atoms with Gasteiger partial charge in [-0.1, -0.05) is 6.07 Å². The molecule has 1 aromatic rings. The van der Waals surface area contributed by atoms with Crippen LogP contribution in [-0.4, -0.2) is 23.2 Å². The van der Waals surface area contributed by atoms with Crippen LogP contribution in [0.2, 0.25) is 0 Å². The first kappa shape index (κ1) is 16.4. The van der Waals surface area contributed by atoms with Crippen LogP contribution in [0.1, 0.15) is 33.3 Å². The fourth-order valence-electron chi connectivity index (χ4n) is 1.66. The molecule has 1 atom stereocenters. The Labute approximate surface area is 117 Å². The van der Waals surface area contributed by atoms with E-state index in [0.29, 0.717) is 6.07 Å². The summed E-state index contributed by atoms with van der Waals surface area (Å²) in [5, 5.41) is 15.3. The number of halogens is 2. The number of carbonyl (C=O) groups excluding carboxylic acids is 1. The minimum Gasteiger partial charge on any atom is -0.383 e. The highest BCUT2D eigenvalue weighted by Gasteiger charge is 2.28. The van der Waals surface area contributed by atoms with Gasteiger partial charge in [-0.15, -0.1) is 0 Å². The normalized spacial score (nSPS) is 14.6. The van der Waals surface area contributed by atoms with E-state index in [1.54, 1.807) is 0 Å². The van der Waals surface area contributed by atoms with Crippen LogP contribution >= 0.6 is 0 Å². The molecule has 112 valence electrons. The Morgan fingerprint density at radius 3 is 2.35 bits per heavy atom. The van der Waals surface area contributed by atoms with Gasteiger partial charge in [0.2, 0.25) is 0 Å². The van der Waals surface area contributed by atoms with Gasteiger partial charge in [-0.2, -0.15) is 0 Å². The second kappa shape index (κ2) is 5.75. The highest BCUT2D eigenvalue weighted by molar-refractivity contribution is 5.74. The molecule has 0 aromatic heterocycles. The molecule has 0 aliphatic rings. The molecule has 0 spiro atoms. The van der Waals surface area contributed by atoms with E-state index < -0.39 is 28.8 Å². The van der Waals surface area contributed by atoms with Crippen molar-refractivity contribution in [1.29, 1.82) is 0 Å². The summed E-state index contributed by atoms with van der Waals surface area (Å²) in [6, 6.07) is 2.44. The average molecular weight is 286 g/mol. The van der Waals surface area contributed by atoms with Gasteiger partial charge in [0, 0.05) is 17.2 Å². The maximum absolute atomic E-state index is 13.6. The number of hydrogen-bond donors (Lipinski definition) is 3. The van der Waals surface area contributed by atoms with Crippen LogP contribution in [0.15, 0.2) is 18.2 Å². The van der Waals surface area contributed by atoms with Crippen molar-refractivity contribution in [2.24, 2.45) is 0 Å². The number of aliphatic hydroxyl groups is 1. The first-order valence-corrected chi connectivity index (χ1v) is 6.25. The molecule has 0 radical (unpaired) electrons. The summed E-state index contributed by atoms with van der Waals surface area (Å²) in [5.74, 6) is -1.58. The molecule has 6 heteroatoms. The van der Waals surface area contributed by atoms with Gasteiger partial charge < -0.3 is 15.7 Å². The van der Waals surface area contributed by atoms with Crippen LogP contribution in [-0.2, 0) is 5.60 Å². The summed E-state index contributed by atoms with van der Waals surface area (Å²) in [6.45, 7) is 6.58. The fourth-order valence-corrected chi connectivity index (χ4v) is 1.66. The number of nitrogens with one attached hydrogen (secondary N) is 2. The Balaban J connectivity index is 2.72. The van der Waals surface area contributed by atoms with Gasteiger partial charge in [0.05, 0.1) is 6.54 Å². The topological polar surface area (TPSA) is 61.4 Å². The van der Waals surface area contributed by atoms with Crippen LogP contribution in [0, 0.1) is 11.6 Å². The molecule has 0 saturated carbocycles. The zero-order chi connectivity index (χ0) is 15.6. The predicted octanol–water partition coefficient (Wildman–Crippen LogP) is 2.27. The molecule has 0 heterocycles. The van der Waals surface area contributed by atoms with Crippen LogP contribution < -0.4 is 10.6 Å². The standard InChI is InChI=1S/C14H20F2N2O2/c1-13(2,3)18-12(19)17-8-14(4,20)10-6-5-9(15)7-11(10)16/h5-7,20H,8H2,1-4H3,(H2,17,18,19). The van der Waals surface area contributed by atoms with E-state index in [4.69, 9.17) is 0 Å². The maximum atomic E-state index is 13.6. The highest BCUT2D eigenvalue weighted by Crippen LogP contribution is 2.23. The number of urea groups is 1. The minimum absolute atomic E-state index is 0.0741. The van der Waals surface area contributed by atoms with Crippen molar-refractivity contribution in [1.82, 2.24) is 10.6 Å². The Morgan fingerprint density at radius 2 is 1.85 bits per heavy atom. The molecule has 0 aliphatic carbocycles. The van der Waals surface area contributed by atoms with Crippen LogP contribution in [0.5, 0.6) is 0 Å². The minimum atomic E-state index is -1.63. The van der Waals surface area contributed by atoms with Crippen molar-refractivity contribution in [2.45, 2.75) is 38.8 Å². The Bertz CT molecular complexity index is 496. The molecule has 20 heavy (non-hydrogen) atoms. The molecule has 0 fully saturated rings. The largest absolute Gasteiger partial charge is 0.383 e. The molecular formula is C14H20F2N2O2. The summed E-state index contributed by atoms with van der Waals surface area (Å²) < 4.78 is 26.4. The van der Waals surface area contributed by atoms with Crippen molar-refractivity contribution in [3.8, 4) is 0 Å². The summed E-state index contributed by atoms with van der Waals surface area (Å²) in [5.41, 5.74) is -2.13. The number of rotatable bonds is 3. The third kappa shape index (κ3) is 4.77. The van der Waals surface area contributed by atoms with E-state index in [-0.39, 0.29) is 12.1 Å². The van der Waals surface area contributed by atoms with Gasteiger partial charge in [-0.25, -0.2) is 13.6 Å². The van der Waals surface area contributed by atoms with Gasteiger partial charge in [0.15, 0.2) is 0 Å². The van der Waals surface area contributed by atoms with Crippen molar-refractivity contribution < 1.29 is 18.7 Å². The lowest BCUT2D eigenvalue weighted by Crippen LogP contribution is -2.49. The quantitative estimate of drug-likeness (QED) is 0.798. The monoisotopic (exact) mass is 286 g/mol. The molecular weight excluding hydrogens is 266 g/mol. The lowest BCUT2D eigenvalue weighted by molar-refractivity contribution is 0.0552. The van der Waals surface area contributed by atoms with E-state index >= 15 is 0 Å². The highest BCUT2D eigenvalue weighted by atomic mass is 19.1. The molecule has 1 unspecified atom stereocenters. The first-order valence-electron chi connectivity index (χ1n) is 6.25. The van der Waals surface area contributed by atoms with Crippen LogP contribution in [0.3, 0.4) is 0 Å². The van der Waals surface area contributed by atoms with Crippen LogP contribution in [0.4, 0.5) is 13.6 Å². The van der Waals surface area contributed by atoms with Gasteiger partial charge in [-0.3, -0.25) is 0 Å². The number of amides is 2. The molecule has 0 aliphatic heterocycles. The third-order valence-corrected chi connectivity index (χ3v) is 2.59. The van der Waals surface area contributed by atoms with E-state index in [0.717, 1.165) is 12.1 Å². The summed E-state index contributed by atoms with van der Waals surface area (Å²) in [6.07, 6.45) is 0. The summed E-state index contributed by atoms with van der Waals surface area (Å²) in [7, 11) is 0. The lowest BCUT2D eigenvalue weighted by Gasteiger charge is -2.26. The summed E-state index contributed by atoms with van der Waals surface area (Å²) >= 11 is 0. The zero-order valence-electron chi connectivity index (χ0n) is 12.1. The second-order valence-electron chi connectivity index (χ2n) is 5.96. The first-order chi connectivity index (χ1) is 9.01. The van der Waals surface area contributed by atoms with E-state index in [1.807, 2.05) is 20.8 Å². The van der Waals surface area contributed by atoms with Gasteiger partial charge in [0.25, 0.3) is 0 Å². The van der Waals surface area contributed by atoms with Crippen molar-refractivity contribution in [3.63, 3.8) is 0 Å². The number of benzene rings is 1. The van der Waals surface area contributed by atoms with E-state index in [2.05, 4.69) is 10.6 Å². The van der Waals surface area contributed by atoms with Gasteiger partial charge in [-0.05, 0) is 33.8 Å². The van der Waals surface area contributed by atoms with Gasteiger partial charge in [0.1, 0.15) is 17.2 Å². The molecule has 2 amide bonds. The molecule has 1 rings (SSSR count). The molecule has 1 aromatic carbocycles. The fraction of sp³-hybridized carbons (Fsp3) is 0.500. The van der Waals surface area contributed by atoms with Crippen molar-refractivity contribution in [2.75, 3.05) is 6.54 Å².